The molecule has 2 aromatic heterocycles. The molecule has 2 amide bonds. The van der Waals surface area contributed by atoms with Crippen molar-refractivity contribution in [2.24, 2.45) is 11.1 Å². The first-order valence-corrected chi connectivity index (χ1v) is 12.5. The monoisotopic (exact) mass is 607 g/mol. The van der Waals surface area contributed by atoms with Gasteiger partial charge in [-0.2, -0.15) is 0 Å². The molecule has 2 aromatic carbocycles. The second-order valence-electron chi connectivity index (χ2n) is 7.85. The molecule has 4 aromatic rings. The van der Waals surface area contributed by atoms with Crippen LogP contribution in [0.15, 0.2) is 60.8 Å². The van der Waals surface area contributed by atoms with Crippen molar-refractivity contribution in [2.45, 2.75) is 12.8 Å². The molecule has 1 saturated carbocycles. The van der Waals surface area contributed by atoms with Gasteiger partial charge in [-0.3, -0.25) is 19.5 Å². The van der Waals surface area contributed by atoms with Crippen molar-refractivity contribution in [1.82, 2.24) is 4.98 Å². The minimum Gasteiger partial charge on any atom is -0.454 e. The number of pyridine rings is 1. The number of benzene rings is 2. The Morgan fingerprint density at radius 3 is 2.44 bits per heavy atom. The molecule has 34 heavy (non-hydrogen) atoms. The Kier molecular flexibility index (Phi) is 5.95. The lowest BCUT2D eigenvalue weighted by molar-refractivity contribution is -0.133. The summed E-state index contributed by atoms with van der Waals surface area (Å²) >= 11 is 10.3. The van der Waals surface area contributed by atoms with E-state index in [1.54, 1.807) is 41.8 Å². The zero-order valence-corrected chi connectivity index (χ0v) is 21.2. The molecule has 0 aliphatic heterocycles. The predicted octanol–water partition coefficient (Wildman–Crippen LogP) is 6.42. The van der Waals surface area contributed by atoms with Crippen molar-refractivity contribution in [3.8, 4) is 11.5 Å². The lowest BCUT2D eigenvalue weighted by Crippen LogP contribution is -2.41. The van der Waals surface area contributed by atoms with Crippen LogP contribution in [-0.4, -0.2) is 16.8 Å². The first kappa shape index (κ1) is 23.0. The van der Waals surface area contributed by atoms with E-state index in [1.807, 2.05) is 6.07 Å². The van der Waals surface area contributed by atoms with Gasteiger partial charge in [0, 0.05) is 18.0 Å². The molecular formula is C24H16ClFIN3O3S. The zero-order chi connectivity index (χ0) is 24.0. The summed E-state index contributed by atoms with van der Waals surface area (Å²) < 4.78 is 21.6. The van der Waals surface area contributed by atoms with Crippen molar-refractivity contribution in [2.75, 3.05) is 4.90 Å². The third-order valence-electron chi connectivity index (χ3n) is 5.66. The van der Waals surface area contributed by atoms with E-state index in [0.717, 1.165) is 13.1 Å². The van der Waals surface area contributed by atoms with E-state index >= 15 is 0 Å². The first-order valence-electron chi connectivity index (χ1n) is 10.2. The molecule has 1 fully saturated rings. The molecule has 10 heteroatoms. The number of thiophene rings is 1. The quantitative estimate of drug-likeness (QED) is 0.203. The highest BCUT2D eigenvalue weighted by Gasteiger charge is 2.57. The number of carbonyl (C=O) groups is 2. The van der Waals surface area contributed by atoms with Gasteiger partial charge >= 0.3 is 0 Å². The molecule has 0 radical (unpaired) electrons. The Morgan fingerprint density at radius 2 is 1.79 bits per heavy atom. The van der Waals surface area contributed by atoms with E-state index in [2.05, 4.69) is 27.6 Å². The lowest BCUT2D eigenvalue weighted by atomic mass is 10.0. The van der Waals surface area contributed by atoms with Crippen LogP contribution in [0.2, 0.25) is 5.02 Å². The molecule has 0 bridgehead atoms. The fourth-order valence-electron chi connectivity index (χ4n) is 3.67. The molecule has 6 nitrogen and oxygen atoms in total. The van der Waals surface area contributed by atoms with Gasteiger partial charge in [0.2, 0.25) is 11.8 Å². The van der Waals surface area contributed by atoms with Crippen molar-refractivity contribution >= 4 is 78.9 Å². The molecular weight excluding hydrogens is 592 g/mol. The SMILES string of the molecule is NC(=O)C1(C(=O)N(c2ccc(F)cc2)c2ccc(Oc3ccnc4cc(I)sc34)c(Cl)c2)CC1. The van der Waals surface area contributed by atoms with E-state index in [-0.39, 0.29) is 5.02 Å². The molecule has 2 N–H and O–H groups in total. The highest BCUT2D eigenvalue weighted by Crippen LogP contribution is 2.49. The minimum absolute atomic E-state index is 0.262. The number of hydrogen-bond acceptors (Lipinski definition) is 5. The van der Waals surface area contributed by atoms with Crippen LogP contribution in [0.3, 0.4) is 0 Å². The number of aromatic nitrogens is 1. The van der Waals surface area contributed by atoms with Crippen LogP contribution in [0.4, 0.5) is 15.8 Å². The van der Waals surface area contributed by atoms with E-state index < -0.39 is 23.0 Å². The van der Waals surface area contributed by atoms with Crippen LogP contribution in [0.25, 0.3) is 10.2 Å². The van der Waals surface area contributed by atoms with Gasteiger partial charge in [-0.25, -0.2) is 4.39 Å². The standard InChI is InChI=1S/C24H16ClFIN3O3S/c25-16-11-15(5-6-18(16)33-19-7-10-29-17-12-20(27)34-21(17)19)30(14-3-1-13(26)2-4-14)23(32)24(8-9-24)22(28)31/h1-7,10-12H,8-9H2,(H2,28,31). The molecule has 0 unspecified atom stereocenters. The molecule has 0 atom stereocenters. The van der Waals surface area contributed by atoms with E-state index in [9.17, 15) is 14.0 Å². The van der Waals surface area contributed by atoms with Crippen LogP contribution in [0.5, 0.6) is 11.5 Å². The number of ether oxygens (including phenoxy) is 1. The van der Waals surface area contributed by atoms with Crippen LogP contribution < -0.4 is 15.4 Å². The van der Waals surface area contributed by atoms with Gasteiger partial charge in [0.25, 0.3) is 0 Å². The maximum Gasteiger partial charge on any atom is 0.247 e. The minimum atomic E-state index is -1.27. The summed E-state index contributed by atoms with van der Waals surface area (Å²) in [6.07, 6.45) is 2.40. The number of nitrogens with two attached hydrogens (primary N) is 1. The first-order chi connectivity index (χ1) is 16.3. The summed E-state index contributed by atoms with van der Waals surface area (Å²) in [7, 11) is 0. The number of halogens is 3. The van der Waals surface area contributed by atoms with Gasteiger partial charge < -0.3 is 10.5 Å². The predicted molar refractivity (Wildman–Crippen MR) is 138 cm³/mol. The number of hydrogen-bond donors (Lipinski definition) is 1. The van der Waals surface area contributed by atoms with Crippen LogP contribution in [0.1, 0.15) is 12.8 Å². The van der Waals surface area contributed by atoms with Crippen molar-refractivity contribution in [3.05, 3.63) is 74.5 Å². The topological polar surface area (TPSA) is 85.5 Å². The fourth-order valence-corrected chi connectivity index (χ4v) is 5.64. The maximum atomic E-state index is 13.5. The van der Waals surface area contributed by atoms with Crippen LogP contribution in [-0.2, 0) is 9.59 Å². The average Bonchev–Trinajstić information content (AvgIpc) is 3.53. The number of amides is 2. The van der Waals surface area contributed by atoms with Crippen molar-refractivity contribution in [3.63, 3.8) is 0 Å². The molecule has 0 saturated heterocycles. The van der Waals surface area contributed by atoms with Gasteiger partial charge in [-0.15, -0.1) is 11.3 Å². The number of carbonyl (C=O) groups excluding carboxylic acids is 2. The molecule has 172 valence electrons. The lowest BCUT2D eigenvalue weighted by Gasteiger charge is -2.27. The van der Waals surface area contributed by atoms with E-state index in [1.165, 1.54) is 29.2 Å². The Hall–Kier alpha value is -2.76. The molecule has 5 rings (SSSR count). The Morgan fingerprint density at radius 1 is 1.09 bits per heavy atom. The normalized spacial score (nSPS) is 14.1. The van der Waals surface area contributed by atoms with Gasteiger partial charge in [0.05, 0.1) is 23.8 Å². The van der Waals surface area contributed by atoms with Gasteiger partial charge in [-0.05, 0) is 84.0 Å². The number of anilines is 2. The second kappa shape index (κ2) is 8.79. The third kappa shape index (κ3) is 4.12. The molecule has 1 aliphatic rings. The van der Waals surface area contributed by atoms with E-state index in [4.69, 9.17) is 22.1 Å². The Bertz CT molecular complexity index is 1440. The summed E-state index contributed by atoms with van der Waals surface area (Å²) in [6, 6.07) is 14.0. The second-order valence-corrected chi connectivity index (χ2v) is 11.2. The van der Waals surface area contributed by atoms with Crippen LogP contribution in [0, 0.1) is 14.1 Å². The zero-order valence-electron chi connectivity index (χ0n) is 17.4. The third-order valence-corrected chi connectivity index (χ3v) is 7.85. The number of fused-ring (bicyclic) bond motifs is 1. The summed E-state index contributed by atoms with van der Waals surface area (Å²) in [6.45, 7) is 0. The van der Waals surface area contributed by atoms with E-state index in [0.29, 0.717) is 35.7 Å². The fraction of sp³-hybridized carbons (Fsp3) is 0.125. The number of rotatable bonds is 6. The maximum absolute atomic E-state index is 13.5. The van der Waals surface area contributed by atoms with Gasteiger partial charge in [-0.1, -0.05) is 11.6 Å². The van der Waals surface area contributed by atoms with Crippen molar-refractivity contribution in [1.29, 1.82) is 0 Å². The van der Waals surface area contributed by atoms with Gasteiger partial charge in [0.1, 0.15) is 22.7 Å². The van der Waals surface area contributed by atoms with Crippen molar-refractivity contribution < 1.29 is 18.7 Å². The molecule has 0 spiro atoms. The molecule has 1 aliphatic carbocycles. The van der Waals surface area contributed by atoms with Crippen LogP contribution >= 0.6 is 45.5 Å². The Labute approximate surface area is 216 Å². The highest BCUT2D eigenvalue weighted by atomic mass is 127. The summed E-state index contributed by atoms with van der Waals surface area (Å²) in [4.78, 5) is 31.2. The van der Waals surface area contributed by atoms with Gasteiger partial charge in [0.15, 0.2) is 0 Å². The summed E-state index contributed by atoms with van der Waals surface area (Å²) in [5.74, 6) is -0.585. The average molecular weight is 608 g/mol. The Balaban J connectivity index is 1.52. The summed E-state index contributed by atoms with van der Waals surface area (Å²) in [5.41, 5.74) is 5.91. The molecule has 2 heterocycles. The largest absolute Gasteiger partial charge is 0.454 e. The summed E-state index contributed by atoms with van der Waals surface area (Å²) in [5, 5.41) is 0.262. The highest BCUT2D eigenvalue weighted by molar-refractivity contribution is 14.1. The number of nitrogens with zero attached hydrogens (tertiary/aromatic N) is 2. The number of primary amides is 1. The smallest absolute Gasteiger partial charge is 0.247 e.